The molecule has 0 unspecified atom stereocenters. The highest BCUT2D eigenvalue weighted by Crippen LogP contribution is 2.16. The molecule has 3 amide bonds. The van der Waals surface area contributed by atoms with Gasteiger partial charge in [0, 0.05) is 38.4 Å². The number of hydrogen-bond donors (Lipinski definition) is 3. The molecule has 31 heavy (non-hydrogen) atoms. The van der Waals surface area contributed by atoms with Crippen LogP contribution in [0.4, 0.5) is 0 Å². The van der Waals surface area contributed by atoms with E-state index in [1.165, 1.54) is 22.8 Å². The Kier molecular flexibility index (Phi) is 8.93. The summed E-state index contributed by atoms with van der Waals surface area (Å²) in [5.41, 5.74) is 0. The molecule has 2 heterocycles. The Bertz CT molecular complexity index is 875. The van der Waals surface area contributed by atoms with Gasteiger partial charge < -0.3 is 16.0 Å². The van der Waals surface area contributed by atoms with Crippen molar-refractivity contribution in [3.63, 3.8) is 0 Å². The van der Waals surface area contributed by atoms with Crippen LogP contribution in [0, 0.1) is 5.92 Å². The van der Waals surface area contributed by atoms with Gasteiger partial charge in [0.15, 0.2) is 0 Å². The van der Waals surface area contributed by atoms with E-state index < -0.39 is 28.0 Å². The molecule has 0 aliphatic carbocycles. The van der Waals surface area contributed by atoms with E-state index in [-0.39, 0.29) is 48.7 Å². The second-order valence-corrected chi connectivity index (χ2v) is 9.80. The van der Waals surface area contributed by atoms with E-state index in [4.69, 9.17) is 0 Å². The van der Waals surface area contributed by atoms with Crippen LogP contribution in [0.5, 0.6) is 0 Å². The minimum Gasteiger partial charge on any atom is -0.354 e. The number of hydrogen-bond acceptors (Lipinski definition) is 6. The van der Waals surface area contributed by atoms with Crippen LogP contribution in [-0.2, 0) is 24.4 Å². The van der Waals surface area contributed by atoms with Crippen molar-refractivity contribution in [1.29, 1.82) is 0 Å². The molecule has 0 aromatic carbocycles. The first-order chi connectivity index (χ1) is 14.6. The quantitative estimate of drug-likeness (QED) is 0.590. The third-order valence-electron chi connectivity index (χ3n) is 4.98. The smallest absolute Gasteiger partial charge is 0.244 e. The molecule has 172 valence electrons. The van der Waals surface area contributed by atoms with Crippen LogP contribution in [0.3, 0.4) is 0 Å². The fourth-order valence-electron chi connectivity index (χ4n) is 3.19. The highest BCUT2D eigenvalue weighted by atomic mass is 32.2. The zero-order chi connectivity index (χ0) is 23.0. The van der Waals surface area contributed by atoms with E-state index in [0.29, 0.717) is 12.8 Å². The van der Waals surface area contributed by atoms with E-state index in [2.05, 4.69) is 20.9 Å². The summed E-state index contributed by atoms with van der Waals surface area (Å²) < 4.78 is 27.3. The first-order valence-electron chi connectivity index (χ1n) is 10.4. The monoisotopic (exact) mass is 453 g/mol. The Labute approximate surface area is 183 Å². The summed E-state index contributed by atoms with van der Waals surface area (Å²) in [6.45, 7) is 5.72. The van der Waals surface area contributed by atoms with Gasteiger partial charge in [0.25, 0.3) is 0 Å². The normalized spacial score (nSPS) is 23.3. The van der Waals surface area contributed by atoms with Crippen LogP contribution in [0.25, 0.3) is 0 Å². The summed E-state index contributed by atoms with van der Waals surface area (Å²) in [5, 5.41) is 8.04. The zero-order valence-electron chi connectivity index (χ0n) is 18.1. The largest absolute Gasteiger partial charge is 0.354 e. The van der Waals surface area contributed by atoms with Crippen LogP contribution < -0.4 is 16.0 Å². The summed E-state index contributed by atoms with van der Waals surface area (Å²) in [4.78, 5) is 41.1. The number of nitrogens with one attached hydrogen (secondary N) is 3. The Balaban J connectivity index is 2.20. The predicted octanol–water partition coefficient (Wildman–Crippen LogP) is 0.0179. The van der Waals surface area contributed by atoms with Crippen molar-refractivity contribution in [3.8, 4) is 0 Å². The number of nitrogens with zero attached hydrogens (tertiary/aromatic N) is 2. The lowest BCUT2D eigenvalue weighted by Crippen LogP contribution is -2.54. The molecule has 0 bridgehead atoms. The van der Waals surface area contributed by atoms with Gasteiger partial charge in [-0.05, 0) is 37.8 Å². The second-order valence-electron chi connectivity index (χ2n) is 7.86. The summed E-state index contributed by atoms with van der Waals surface area (Å²) in [7, 11) is -3.79. The molecule has 0 radical (unpaired) electrons. The molecule has 1 aliphatic rings. The number of rotatable bonds is 3. The first-order valence-corrected chi connectivity index (χ1v) is 11.8. The number of aromatic nitrogens is 1. The van der Waals surface area contributed by atoms with Crippen molar-refractivity contribution in [1.82, 2.24) is 25.2 Å². The molecule has 1 aromatic heterocycles. The fourth-order valence-corrected chi connectivity index (χ4v) is 4.67. The van der Waals surface area contributed by atoms with Crippen molar-refractivity contribution >= 4 is 27.7 Å². The van der Waals surface area contributed by atoms with E-state index in [9.17, 15) is 22.8 Å². The number of sulfonamides is 1. The van der Waals surface area contributed by atoms with Gasteiger partial charge in [0.1, 0.15) is 17.0 Å². The van der Waals surface area contributed by atoms with E-state index >= 15 is 0 Å². The van der Waals surface area contributed by atoms with Crippen LogP contribution >= 0.6 is 0 Å². The fraction of sp³-hybridized carbons (Fsp3) is 0.600. The number of pyridine rings is 1. The van der Waals surface area contributed by atoms with Crippen molar-refractivity contribution in [2.75, 3.05) is 19.6 Å². The Hall–Kier alpha value is -2.53. The lowest BCUT2D eigenvalue weighted by molar-refractivity contribution is -0.132. The maximum atomic E-state index is 13.0. The van der Waals surface area contributed by atoms with Crippen LogP contribution in [-0.4, -0.2) is 67.1 Å². The van der Waals surface area contributed by atoms with Crippen molar-refractivity contribution in [3.05, 3.63) is 24.5 Å². The van der Waals surface area contributed by atoms with Gasteiger partial charge in [-0.2, -0.15) is 4.31 Å². The topological polar surface area (TPSA) is 138 Å². The van der Waals surface area contributed by atoms with Crippen LogP contribution in [0.2, 0.25) is 0 Å². The maximum absolute atomic E-state index is 13.0. The molecule has 10 nitrogen and oxygen atoms in total. The Morgan fingerprint density at radius 1 is 1.10 bits per heavy atom. The minimum absolute atomic E-state index is 0.0709. The summed E-state index contributed by atoms with van der Waals surface area (Å²) in [5.74, 6) is -1.32. The third kappa shape index (κ3) is 7.00. The first kappa shape index (κ1) is 24.7. The van der Waals surface area contributed by atoms with Crippen molar-refractivity contribution < 1.29 is 22.8 Å². The molecule has 11 heteroatoms. The summed E-state index contributed by atoms with van der Waals surface area (Å²) in [6.07, 6.45) is 3.52. The molecule has 2 rings (SSSR count). The van der Waals surface area contributed by atoms with E-state index in [1.54, 1.807) is 13.0 Å². The molecular weight excluding hydrogens is 422 g/mol. The van der Waals surface area contributed by atoms with Crippen molar-refractivity contribution in [2.24, 2.45) is 5.92 Å². The van der Waals surface area contributed by atoms with Gasteiger partial charge in [-0.3, -0.25) is 19.4 Å². The Morgan fingerprint density at radius 3 is 2.45 bits per heavy atom. The molecule has 3 N–H and O–H groups in total. The molecule has 1 aliphatic heterocycles. The van der Waals surface area contributed by atoms with Gasteiger partial charge in [0.05, 0.1) is 0 Å². The summed E-state index contributed by atoms with van der Waals surface area (Å²) >= 11 is 0. The third-order valence-corrected chi connectivity index (χ3v) is 6.87. The number of carbonyl (C=O) groups is 3. The zero-order valence-corrected chi connectivity index (χ0v) is 18.9. The van der Waals surface area contributed by atoms with Gasteiger partial charge in [-0.15, -0.1) is 0 Å². The predicted molar refractivity (Wildman–Crippen MR) is 114 cm³/mol. The molecule has 1 fully saturated rings. The lowest BCUT2D eigenvalue weighted by atomic mass is 10.0. The average Bonchev–Trinajstić information content (AvgIpc) is 2.73. The average molecular weight is 454 g/mol. The van der Waals surface area contributed by atoms with Gasteiger partial charge >= 0.3 is 0 Å². The standard InChI is InChI=1S/C20H31N5O5S/c1-14(2)18-20(28)22-10-6-12-25(31(29,30)16-7-4-9-21-13-16)11-5-8-17(26)23-15(3)19(27)24-18/h4,7,9,13-15,18H,5-6,8,10-12H2,1-3H3,(H,22,28)(H,23,26)(H,24,27)/t15-,18-/m1/s1. The highest BCUT2D eigenvalue weighted by Gasteiger charge is 2.28. The number of carbonyl (C=O) groups excluding carboxylic acids is 3. The van der Waals surface area contributed by atoms with Crippen LogP contribution in [0.15, 0.2) is 29.4 Å². The number of amides is 3. The van der Waals surface area contributed by atoms with Gasteiger partial charge in [0.2, 0.25) is 27.7 Å². The molecule has 1 saturated heterocycles. The lowest BCUT2D eigenvalue weighted by Gasteiger charge is -2.24. The van der Waals surface area contributed by atoms with E-state index in [1.807, 2.05) is 13.8 Å². The van der Waals surface area contributed by atoms with Crippen LogP contribution in [0.1, 0.15) is 40.0 Å². The highest BCUT2D eigenvalue weighted by molar-refractivity contribution is 7.89. The molecule has 0 spiro atoms. The van der Waals surface area contributed by atoms with Gasteiger partial charge in [-0.1, -0.05) is 13.8 Å². The molecule has 2 atom stereocenters. The minimum atomic E-state index is -3.79. The Morgan fingerprint density at radius 2 is 1.81 bits per heavy atom. The summed E-state index contributed by atoms with van der Waals surface area (Å²) in [6, 6.07) is 1.44. The van der Waals surface area contributed by atoms with Crippen molar-refractivity contribution in [2.45, 2.75) is 57.0 Å². The second kappa shape index (κ2) is 11.2. The van der Waals surface area contributed by atoms with E-state index in [0.717, 1.165) is 0 Å². The molecular formula is C20H31N5O5S. The molecule has 0 saturated carbocycles. The SMILES string of the molecule is CC(C)[C@H]1NC(=O)[C@@H](C)NC(=O)CCCN(S(=O)(=O)c2cccnc2)CCCNC1=O. The van der Waals surface area contributed by atoms with Gasteiger partial charge in [-0.25, -0.2) is 8.42 Å². The maximum Gasteiger partial charge on any atom is 0.244 e. The molecule has 1 aromatic rings.